The average molecular weight is 514 g/mol. The predicted molar refractivity (Wildman–Crippen MR) is 131 cm³/mol. The van der Waals surface area contributed by atoms with E-state index >= 15 is 0 Å². The van der Waals surface area contributed by atoms with Gasteiger partial charge in [-0.15, -0.1) is 0 Å². The molecule has 0 amide bonds. The lowest BCUT2D eigenvalue weighted by atomic mass is 10.2. The molecule has 1 aromatic heterocycles. The third-order valence-electron chi connectivity index (χ3n) is 4.87. The Hall–Kier alpha value is -3.44. The normalized spacial score (nSPS) is 13.8. The molecule has 11 heteroatoms. The molecule has 0 radical (unpaired) electrons. The van der Waals surface area contributed by atoms with Crippen molar-refractivity contribution in [2.45, 2.75) is 6.92 Å². The number of ether oxygens (including phenoxy) is 2. The SMILES string of the molecule is COc1cc(/C=N/Nc2nc(Nc3ccc(C)cc3Br)nc(N3CCOCC3)n2)ccc1O. The number of nitrogens with zero attached hydrogens (tertiary/aromatic N) is 5. The number of halogens is 1. The summed E-state index contributed by atoms with van der Waals surface area (Å²) in [7, 11) is 1.49. The molecule has 0 unspecified atom stereocenters. The van der Waals surface area contributed by atoms with Crippen molar-refractivity contribution in [3.63, 3.8) is 0 Å². The van der Waals surface area contributed by atoms with Crippen molar-refractivity contribution in [2.24, 2.45) is 5.10 Å². The Morgan fingerprint density at radius 1 is 1.12 bits per heavy atom. The maximum Gasteiger partial charge on any atom is 0.250 e. The third-order valence-corrected chi connectivity index (χ3v) is 5.53. The number of phenolic OH excluding ortho intramolecular Hbond substituents is 1. The van der Waals surface area contributed by atoms with E-state index in [0.717, 1.165) is 21.3 Å². The highest BCUT2D eigenvalue weighted by molar-refractivity contribution is 9.10. The number of benzene rings is 2. The van der Waals surface area contributed by atoms with Gasteiger partial charge in [-0.25, -0.2) is 5.43 Å². The first-order valence-corrected chi connectivity index (χ1v) is 11.1. The number of rotatable bonds is 7. The quantitative estimate of drug-likeness (QED) is 0.321. The van der Waals surface area contributed by atoms with E-state index in [1.54, 1.807) is 24.4 Å². The van der Waals surface area contributed by atoms with E-state index in [-0.39, 0.29) is 5.75 Å². The molecule has 2 heterocycles. The van der Waals surface area contributed by atoms with Crippen LogP contribution in [0.4, 0.5) is 23.5 Å². The number of hydrazone groups is 1. The monoisotopic (exact) mass is 513 g/mol. The van der Waals surface area contributed by atoms with Crippen LogP contribution in [0.5, 0.6) is 11.5 Å². The molecule has 1 aliphatic heterocycles. The summed E-state index contributed by atoms with van der Waals surface area (Å²) in [6, 6.07) is 10.9. The van der Waals surface area contributed by atoms with Gasteiger partial charge in [-0.3, -0.25) is 0 Å². The summed E-state index contributed by atoms with van der Waals surface area (Å²) in [5, 5.41) is 17.2. The van der Waals surface area contributed by atoms with Crippen LogP contribution in [-0.4, -0.2) is 59.7 Å². The highest BCUT2D eigenvalue weighted by atomic mass is 79.9. The van der Waals surface area contributed by atoms with Crippen LogP contribution in [0, 0.1) is 6.92 Å². The van der Waals surface area contributed by atoms with Crippen LogP contribution in [0.3, 0.4) is 0 Å². The van der Waals surface area contributed by atoms with Gasteiger partial charge < -0.3 is 24.8 Å². The molecule has 0 bridgehead atoms. The number of aromatic nitrogens is 3. The van der Waals surface area contributed by atoms with E-state index < -0.39 is 0 Å². The first-order valence-electron chi connectivity index (χ1n) is 10.3. The summed E-state index contributed by atoms with van der Waals surface area (Å²) < 4.78 is 11.5. The van der Waals surface area contributed by atoms with Gasteiger partial charge in [0.2, 0.25) is 17.8 Å². The molecule has 0 saturated carbocycles. The van der Waals surface area contributed by atoms with E-state index in [9.17, 15) is 5.11 Å². The molecule has 0 atom stereocenters. The van der Waals surface area contributed by atoms with E-state index in [0.29, 0.717) is 49.9 Å². The Labute approximate surface area is 199 Å². The van der Waals surface area contributed by atoms with Gasteiger partial charge in [-0.1, -0.05) is 6.07 Å². The van der Waals surface area contributed by atoms with Crippen molar-refractivity contribution < 1.29 is 14.6 Å². The lowest BCUT2D eigenvalue weighted by Gasteiger charge is -2.27. The zero-order valence-corrected chi connectivity index (χ0v) is 19.8. The van der Waals surface area contributed by atoms with Crippen molar-refractivity contribution in [3.8, 4) is 11.5 Å². The van der Waals surface area contributed by atoms with Gasteiger partial charge in [-0.2, -0.15) is 20.1 Å². The number of aryl methyl sites for hydroxylation is 1. The van der Waals surface area contributed by atoms with Crippen molar-refractivity contribution in [1.29, 1.82) is 0 Å². The van der Waals surface area contributed by atoms with Crippen LogP contribution < -0.4 is 20.4 Å². The molecule has 1 saturated heterocycles. The van der Waals surface area contributed by atoms with Crippen molar-refractivity contribution in [1.82, 2.24) is 15.0 Å². The Balaban J connectivity index is 1.58. The molecule has 1 aliphatic rings. The second-order valence-electron chi connectivity index (χ2n) is 7.29. The van der Waals surface area contributed by atoms with E-state index in [4.69, 9.17) is 9.47 Å². The molecule has 0 aliphatic carbocycles. The summed E-state index contributed by atoms with van der Waals surface area (Å²) >= 11 is 3.58. The molecule has 0 spiro atoms. The zero-order valence-electron chi connectivity index (χ0n) is 18.2. The number of nitrogens with one attached hydrogen (secondary N) is 2. The molecule has 2 aromatic carbocycles. The maximum atomic E-state index is 9.74. The fourth-order valence-corrected chi connectivity index (χ4v) is 3.75. The summed E-state index contributed by atoms with van der Waals surface area (Å²) in [6.07, 6.45) is 1.59. The minimum absolute atomic E-state index is 0.0632. The smallest absolute Gasteiger partial charge is 0.250 e. The fraction of sp³-hybridized carbons (Fsp3) is 0.273. The second kappa shape index (κ2) is 10.5. The largest absolute Gasteiger partial charge is 0.504 e. The van der Waals surface area contributed by atoms with Gasteiger partial charge in [0, 0.05) is 17.6 Å². The zero-order chi connectivity index (χ0) is 23.2. The van der Waals surface area contributed by atoms with Crippen LogP contribution >= 0.6 is 15.9 Å². The first-order chi connectivity index (χ1) is 16.0. The number of aromatic hydroxyl groups is 1. The van der Waals surface area contributed by atoms with Gasteiger partial charge in [-0.05, 0) is 64.3 Å². The number of phenols is 1. The Bertz CT molecular complexity index is 1150. The molecule has 1 fully saturated rings. The topological polar surface area (TPSA) is 117 Å². The number of anilines is 4. The number of hydrogen-bond donors (Lipinski definition) is 3. The van der Waals surface area contributed by atoms with Crippen molar-refractivity contribution >= 4 is 45.7 Å². The van der Waals surface area contributed by atoms with Crippen LogP contribution in [0.2, 0.25) is 0 Å². The van der Waals surface area contributed by atoms with Crippen molar-refractivity contribution in [3.05, 3.63) is 52.0 Å². The highest BCUT2D eigenvalue weighted by Gasteiger charge is 2.17. The van der Waals surface area contributed by atoms with E-state index in [1.807, 2.05) is 30.0 Å². The lowest BCUT2D eigenvalue weighted by Crippen LogP contribution is -2.37. The first kappa shape index (κ1) is 22.7. The molecule has 4 rings (SSSR count). The van der Waals surface area contributed by atoms with Crippen LogP contribution in [0.1, 0.15) is 11.1 Å². The number of hydrogen-bond acceptors (Lipinski definition) is 10. The van der Waals surface area contributed by atoms with Crippen LogP contribution in [0.25, 0.3) is 0 Å². The standard InChI is InChI=1S/C22H24BrN7O3/c1-14-3-5-17(16(23)11-14)25-20-26-21(28-22(27-20)30-7-9-33-10-8-30)29-24-13-15-4-6-18(31)19(12-15)32-2/h3-6,11-13,31H,7-10H2,1-2H3,(H2,25,26,27,28,29)/b24-13+. The average Bonchev–Trinajstić information content (AvgIpc) is 2.82. The second-order valence-corrected chi connectivity index (χ2v) is 8.15. The molecule has 10 nitrogen and oxygen atoms in total. The Morgan fingerprint density at radius 3 is 2.67 bits per heavy atom. The highest BCUT2D eigenvalue weighted by Crippen LogP contribution is 2.27. The lowest BCUT2D eigenvalue weighted by molar-refractivity contribution is 0.122. The van der Waals surface area contributed by atoms with Gasteiger partial charge in [0.1, 0.15) is 0 Å². The molecule has 172 valence electrons. The summed E-state index contributed by atoms with van der Waals surface area (Å²) in [4.78, 5) is 15.6. The third kappa shape index (κ3) is 5.88. The maximum absolute atomic E-state index is 9.74. The number of morpholine rings is 1. The minimum atomic E-state index is 0.0632. The molecule has 33 heavy (non-hydrogen) atoms. The summed E-state index contributed by atoms with van der Waals surface area (Å²) in [6.45, 7) is 4.63. The fourth-order valence-electron chi connectivity index (χ4n) is 3.16. The Kier molecular flexibility index (Phi) is 7.20. The van der Waals surface area contributed by atoms with Gasteiger partial charge in [0.25, 0.3) is 0 Å². The van der Waals surface area contributed by atoms with Crippen LogP contribution in [-0.2, 0) is 4.74 Å². The summed E-state index contributed by atoms with van der Waals surface area (Å²) in [5.74, 6) is 1.64. The molecular formula is C22H24BrN7O3. The number of methoxy groups -OCH3 is 1. The van der Waals surface area contributed by atoms with Gasteiger partial charge in [0.05, 0.1) is 32.2 Å². The van der Waals surface area contributed by atoms with Gasteiger partial charge in [0.15, 0.2) is 11.5 Å². The Morgan fingerprint density at radius 2 is 1.91 bits per heavy atom. The molecule has 3 aromatic rings. The van der Waals surface area contributed by atoms with Crippen molar-refractivity contribution in [2.75, 3.05) is 49.1 Å². The van der Waals surface area contributed by atoms with E-state index in [1.165, 1.54) is 7.11 Å². The molecule has 3 N–H and O–H groups in total. The minimum Gasteiger partial charge on any atom is -0.504 e. The summed E-state index contributed by atoms with van der Waals surface area (Å²) in [5.41, 5.74) is 5.58. The van der Waals surface area contributed by atoms with E-state index in [2.05, 4.69) is 46.7 Å². The molecular weight excluding hydrogens is 490 g/mol. The van der Waals surface area contributed by atoms with Gasteiger partial charge >= 0.3 is 0 Å². The predicted octanol–water partition coefficient (Wildman–Crippen LogP) is 3.68. The van der Waals surface area contributed by atoms with Crippen LogP contribution in [0.15, 0.2) is 46.0 Å².